The lowest BCUT2D eigenvalue weighted by Gasteiger charge is -1.99. The van der Waals surface area contributed by atoms with Crippen molar-refractivity contribution in [2.24, 2.45) is 7.05 Å². The van der Waals surface area contributed by atoms with E-state index in [0.29, 0.717) is 12.4 Å². The van der Waals surface area contributed by atoms with Crippen molar-refractivity contribution < 1.29 is 0 Å². The second-order valence-corrected chi connectivity index (χ2v) is 4.42. The van der Waals surface area contributed by atoms with Crippen LogP contribution in [0.3, 0.4) is 0 Å². The maximum Gasteiger partial charge on any atom is 0.196 e. The predicted molar refractivity (Wildman–Crippen MR) is 62.3 cm³/mol. The lowest BCUT2D eigenvalue weighted by atomic mass is 10.4. The van der Waals surface area contributed by atoms with Crippen LogP contribution < -0.4 is 0 Å². The molecule has 0 unspecified atom stereocenters. The zero-order chi connectivity index (χ0) is 11.0. The van der Waals surface area contributed by atoms with Crippen LogP contribution in [0.25, 0.3) is 0 Å². The zero-order valence-electron chi connectivity index (χ0n) is 8.77. The number of hydrogen-bond acceptors (Lipinski definition) is 4. The lowest BCUT2D eigenvalue weighted by Crippen LogP contribution is -2.06. The highest BCUT2D eigenvalue weighted by Gasteiger charge is 2.10. The highest BCUT2D eigenvalue weighted by molar-refractivity contribution is 14.1. The smallest absolute Gasteiger partial charge is 0.196 e. The van der Waals surface area contributed by atoms with E-state index in [9.17, 15) is 0 Å². The number of aryl methyl sites for hydroxylation is 2. The van der Waals surface area contributed by atoms with E-state index in [1.165, 1.54) is 8.37 Å². The van der Waals surface area contributed by atoms with E-state index in [4.69, 9.17) is 0 Å². The lowest BCUT2D eigenvalue weighted by molar-refractivity contribution is 0.610. The van der Waals surface area contributed by atoms with Crippen LogP contribution in [0, 0.1) is 17.4 Å². The maximum atomic E-state index is 4.41. The van der Waals surface area contributed by atoms with E-state index in [-0.39, 0.29) is 0 Å². The molecule has 0 spiro atoms. The Balaban J connectivity index is 2.28. The zero-order valence-corrected chi connectivity index (χ0v) is 10.9. The Morgan fingerprint density at radius 2 is 2.00 bits per heavy atom. The van der Waals surface area contributed by atoms with Crippen molar-refractivity contribution in [1.82, 2.24) is 30.0 Å². The summed E-state index contributed by atoms with van der Waals surface area (Å²) in [6.07, 6.45) is 0. The van der Waals surface area contributed by atoms with Gasteiger partial charge in [0.1, 0.15) is 6.54 Å². The molecular weight excluding hydrogens is 307 g/mol. The molecule has 2 aromatic heterocycles. The summed E-state index contributed by atoms with van der Waals surface area (Å²) < 4.78 is 3.09. The van der Waals surface area contributed by atoms with Crippen LogP contribution in [0.1, 0.15) is 17.2 Å². The molecule has 2 aromatic rings. The van der Waals surface area contributed by atoms with Gasteiger partial charge in [-0.25, -0.2) is 0 Å². The first kappa shape index (κ1) is 10.5. The fourth-order valence-electron chi connectivity index (χ4n) is 1.35. The number of aromatic nitrogens is 6. The fourth-order valence-corrected chi connectivity index (χ4v) is 1.74. The second-order valence-electron chi connectivity index (χ2n) is 3.34. The van der Waals surface area contributed by atoms with Gasteiger partial charge in [0.05, 0.1) is 16.3 Å². The Morgan fingerprint density at radius 1 is 1.27 bits per heavy atom. The van der Waals surface area contributed by atoms with E-state index >= 15 is 0 Å². The van der Waals surface area contributed by atoms with Gasteiger partial charge in [0, 0.05) is 5.69 Å². The molecule has 2 heterocycles. The molecule has 0 radical (unpaired) electrons. The molecule has 0 aliphatic carbocycles. The normalized spacial score (nSPS) is 10.9. The van der Waals surface area contributed by atoms with Gasteiger partial charge in [-0.05, 0) is 41.7 Å². The third-order valence-electron chi connectivity index (χ3n) is 2.13. The molecule has 0 aromatic carbocycles. The summed E-state index contributed by atoms with van der Waals surface area (Å²) in [5.41, 5.74) is 2.18. The summed E-state index contributed by atoms with van der Waals surface area (Å²) >= 11 is 2.29. The number of tetrazole rings is 1. The van der Waals surface area contributed by atoms with E-state index in [1.54, 1.807) is 7.05 Å². The van der Waals surface area contributed by atoms with Crippen molar-refractivity contribution in [1.29, 1.82) is 0 Å². The van der Waals surface area contributed by atoms with Gasteiger partial charge < -0.3 is 0 Å². The minimum absolute atomic E-state index is 0.573. The van der Waals surface area contributed by atoms with E-state index < -0.39 is 0 Å². The standard InChI is InChI=1S/C8H11IN6/c1-5-8(9)6(2)15(11-5)4-7-10-13-14(3)12-7/h4H2,1-3H3. The molecule has 0 fully saturated rings. The van der Waals surface area contributed by atoms with Crippen LogP contribution in [0.5, 0.6) is 0 Å². The average molecular weight is 318 g/mol. The molecule has 0 aliphatic heterocycles. The minimum Gasteiger partial charge on any atom is -0.261 e. The summed E-state index contributed by atoms with van der Waals surface area (Å²) in [5.74, 6) is 0.680. The van der Waals surface area contributed by atoms with Gasteiger partial charge in [0.15, 0.2) is 5.82 Å². The van der Waals surface area contributed by atoms with Crippen molar-refractivity contribution in [2.75, 3.05) is 0 Å². The van der Waals surface area contributed by atoms with Crippen molar-refractivity contribution >= 4 is 22.6 Å². The van der Waals surface area contributed by atoms with Crippen molar-refractivity contribution in [2.45, 2.75) is 20.4 Å². The molecule has 80 valence electrons. The van der Waals surface area contributed by atoms with E-state index in [2.05, 4.69) is 43.1 Å². The van der Waals surface area contributed by atoms with Crippen molar-refractivity contribution in [3.63, 3.8) is 0 Å². The molecule has 0 bridgehead atoms. The molecule has 6 nitrogen and oxygen atoms in total. The molecule has 15 heavy (non-hydrogen) atoms. The number of halogens is 1. The molecule has 2 rings (SSSR count). The summed E-state index contributed by atoms with van der Waals surface area (Å²) in [4.78, 5) is 1.45. The van der Waals surface area contributed by atoms with E-state index in [0.717, 1.165) is 11.4 Å². The van der Waals surface area contributed by atoms with Gasteiger partial charge in [-0.1, -0.05) is 0 Å². The van der Waals surface area contributed by atoms with Gasteiger partial charge in [0.2, 0.25) is 0 Å². The monoisotopic (exact) mass is 318 g/mol. The molecule has 0 N–H and O–H groups in total. The minimum atomic E-state index is 0.573. The largest absolute Gasteiger partial charge is 0.261 e. The average Bonchev–Trinajstić information content (AvgIpc) is 2.68. The maximum absolute atomic E-state index is 4.41. The summed E-state index contributed by atoms with van der Waals surface area (Å²) in [7, 11) is 1.75. The summed E-state index contributed by atoms with van der Waals surface area (Å²) in [6.45, 7) is 4.61. The number of nitrogens with zero attached hydrogens (tertiary/aromatic N) is 6. The van der Waals surface area contributed by atoms with E-state index in [1.807, 2.05) is 18.5 Å². The van der Waals surface area contributed by atoms with Gasteiger partial charge in [-0.3, -0.25) is 4.68 Å². The Kier molecular flexibility index (Phi) is 2.72. The topological polar surface area (TPSA) is 61.4 Å². The summed E-state index contributed by atoms with van der Waals surface area (Å²) in [5, 5.41) is 16.2. The Hall–Kier alpha value is -0.990. The highest BCUT2D eigenvalue weighted by atomic mass is 127. The summed E-state index contributed by atoms with van der Waals surface area (Å²) in [6, 6.07) is 0. The molecule has 0 aliphatic rings. The quantitative estimate of drug-likeness (QED) is 0.764. The molecule has 0 saturated carbocycles. The third kappa shape index (κ3) is 2.01. The van der Waals surface area contributed by atoms with Crippen LogP contribution in [0.15, 0.2) is 0 Å². The Bertz CT molecular complexity index is 485. The van der Waals surface area contributed by atoms with Gasteiger partial charge in [-0.2, -0.15) is 9.90 Å². The van der Waals surface area contributed by atoms with Crippen LogP contribution >= 0.6 is 22.6 Å². The predicted octanol–water partition coefficient (Wildman–Crippen LogP) is 0.676. The molecule has 0 amide bonds. The van der Waals surface area contributed by atoms with Crippen LogP contribution in [0.4, 0.5) is 0 Å². The third-order valence-corrected chi connectivity index (χ3v) is 3.70. The van der Waals surface area contributed by atoms with Crippen LogP contribution in [-0.2, 0) is 13.6 Å². The first-order chi connectivity index (χ1) is 7.08. The van der Waals surface area contributed by atoms with Crippen LogP contribution in [0.2, 0.25) is 0 Å². The van der Waals surface area contributed by atoms with Crippen LogP contribution in [-0.4, -0.2) is 30.0 Å². The molecular formula is C8H11IN6. The van der Waals surface area contributed by atoms with Crippen molar-refractivity contribution in [3.05, 3.63) is 20.8 Å². The highest BCUT2D eigenvalue weighted by Crippen LogP contribution is 2.15. The molecule has 7 heteroatoms. The Labute approximate surface area is 101 Å². The number of rotatable bonds is 2. The Morgan fingerprint density at radius 3 is 2.47 bits per heavy atom. The second kappa shape index (κ2) is 3.87. The fraction of sp³-hybridized carbons (Fsp3) is 0.500. The molecule has 0 atom stereocenters. The molecule has 0 saturated heterocycles. The van der Waals surface area contributed by atoms with Crippen molar-refractivity contribution in [3.8, 4) is 0 Å². The first-order valence-electron chi connectivity index (χ1n) is 4.50. The van der Waals surface area contributed by atoms with Gasteiger partial charge >= 0.3 is 0 Å². The first-order valence-corrected chi connectivity index (χ1v) is 5.58. The SMILES string of the molecule is Cc1nn(Cc2nnn(C)n2)c(C)c1I. The van der Waals surface area contributed by atoms with Gasteiger partial charge in [-0.15, -0.1) is 10.2 Å². The number of hydrogen-bond donors (Lipinski definition) is 0. The van der Waals surface area contributed by atoms with Gasteiger partial charge in [0.25, 0.3) is 0 Å².